The van der Waals surface area contributed by atoms with Gasteiger partial charge in [0, 0.05) is 28.4 Å². The molecular weight excluding hydrogens is 323 g/mol. The first-order valence-corrected chi connectivity index (χ1v) is 7.61. The van der Waals surface area contributed by atoms with E-state index >= 15 is 0 Å². The predicted octanol–water partition coefficient (Wildman–Crippen LogP) is 3.54. The van der Waals surface area contributed by atoms with E-state index in [4.69, 9.17) is 4.42 Å². The molecule has 0 fully saturated rings. The van der Waals surface area contributed by atoms with Crippen molar-refractivity contribution >= 4 is 22.5 Å². The average molecular weight is 336 g/mol. The van der Waals surface area contributed by atoms with Crippen LogP contribution in [0.2, 0.25) is 0 Å². The number of H-pyrrole nitrogens is 1. The quantitative estimate of drug-likeness (QED) is 0.597. The first-order valence-electron chi connectivity index (χ1n) is 7.61. The van der Waals surface area contributed by atoms with Crippen LogP contribution in [0.25, 0.3) is 22.4 Å². The summed E-state index contributed by atoms with van der Waals surface area (Å²) in [5, 5.41) is 11.1. The number of aromatic nitrogens is 3. The molecule has 0 bridgehead atoms. The van der Waals surface area contributed by atoms with Gasteiger partial charge in [-0.15, -0.1) is 10.2 Å². The molecule has 0 atom stereocenters. The first kappa shape index (κ1) is 15.1. The zero-order valence-corrected chi connectivity index (χ0v) is 13.0. The Morgan fingerprint density at radius 1 is 1.20 bits per heavy atom. The third kappa shape index (κ3) is 3.12. The number of fused-ring (bicyclic) bond motifs is 1. The van der Waals surface area contributed by atoms with Gasteiger partial charge in [0.2, 0.25) is 18.2 Å². The van der Waals surface area contributed by atoms with Crippen LogP contribution in [0.15, 0.2) is 59.5 Å². The van der Waals surface area contributed by atoms with Crippen LogP contribution in [0.5, 0.6) is 0 Å². The summed E-state index contributed by atoms with van der Waals surface area (Å²) in [5.74, 6) is -0.0497. The van der Waals surface area contributed by atoms with Crippen LogP contribution in [0.4, 0.5) is 10.1 Å². The number of nitrogens with zero attached hydrogens (tertiary/aromatic N) is 2. The molecule has 0 radical (unpaired) electrons. The lowest BCUT2D eigenvalue weighted by atomic mass is 10.1. The zero-order chi connectivity index (χ0) is 17.2. The minimum absolute atomic E-state index is 0.157. The van der Waals surface area contributed by atoms with Gasteiger partial charge in [-0.05, 0) is 48.0 Å². The van der Waals surface area contributed by atoms with Gasteiger partial charge in [0.25, 0.3) is 0 Å². The van der Waals surface area contributed by atoms with Crippen LogP contribution in [0.3, 0.4) is 0 Å². The van der Waals surface area contributed by atoms with E-state index in [9.17, 15) is 9.18 Å². The number of hydrogen-bond acceptors (Lipinski definition) is 4. The van der Waals surface area contributed by atoms with Gasteiger partial charge in [0.05, 0.1) is 6.42 Å². The van der Waals surface area contributed by atoms with E-state index in [1.807, 2.05) is 0 Å². The molecule has 124 valence electrons. The standard InChI is InChI=1S/C18H13FN4O2/c19-13-3-6-15-12(9-20-16(15)8-13)7-17(24)22-14-4-1-11(2-5-14)18-23-21-10-25-18/h1-6,8-10,20H,7H2,(H,22,24). The molecule has 0 saturated carbocycles. The molecule has 6 nitrogen and oxygen atoms in total. The van der Waals surface area contributed by atoms with Crippen LogP contribution in [-0.2, 0) is 11.2 Å². The van der Waals surface area contributed by atoms with Gasteiger partial charge in [0.15, 0.2) is 0 Å². The average Bonchev–Trinajstić information content (AvgIpc) is 3.26. The second kappa shape index (κ2) is 6.20. The van der Waals surface area contributed by atoms with E-state index in [2.05, 4.69) is 20.5 Å². The summed E-state index contributed by atoms with van der Waals surface area (Å²) in [6.07, 6.45) is 3.18. The lowest BCUT2D eigenvalue weighted by Gasteiger charge is -2.05. The van der Waals surface area contributed by atoms with Crippen LogP contribution < -0.4 is 5.32 Å². The Hall–Kier alpha value is -3.48. The van der Waals surface area contributed by atoms with E-state index in [0.717, 1.165) is 16.5 Å². The highest BCUT2D eigenvalue weighted by Crippen LogP contribution is 2.21. The minimum atomic E-state index is -0.313. The molecule has 7 heteroatoms. The largest absolute Gasteiger partial charge is 0.423 e. The van der Waals surface area contributed by atoms with Gasteiger partial charge in [-0.3, -0.25) is 4.79 Å². The first-order chi connectivity index (χ1) is 12.2. The number of amides is 1. The van der Waals surface area contributed by atoms with Gasteiger partial charge in [-0.1, -0.05) is 0 Å². The molecule has 4 aromatic rings. The van der Waals surface area contributed by atoms with Crippen molar-refractivity contribution in [3.63, 3.8) is 0 Å². The molecule has 0 aliphatic rings. The fourth-order valence-electron chi connectivity index (χ4n) is 2.68. The monoisotopic (exact) mass is 336 g/mol. The predicted molar refractivity (Wildman–Crippen MR) is 90.3 cm³/mol. The van der Waals surface area contributed by atoms with Crippen molar-refractivity contribution in [2.45, 2.75) is 6.42 Å². The molecule has 0 unspecified atom stereocenters. The summed E-state index contributed by atoms with van der Waals surface area (Å²) >= 11 is 0. The number of carbonyl (C=O) groups is 1. The van der Waals surface area contributed by atoms with Gasteiger partial charge in [0.1, 0.15) is 5.82 Å². The Morgan fingerprint density at radius 2 is 2.04 bits per heavy atom. The maximum atomic E-state index is 13.2. The number of aromatic amines is 1. The summed E-state index contributed by atoms with van der Waals surface area (Å²) < 4.78 is 18.3. The van der Waals surface area contributed by atoms with Crippen molar-refractivity contribution in [2.75, 3.05) is 5.32 Å². The summed E-state index contributed by atoms with van der Waals surface area (Å²) in [4.78, 5) is 15.2. The Bertz CT molecular complexity index is 1020. The lowest BCUT2D eigenvalue weighted by molar-refractivity contribution is -0.115. The number of carbonyl (C=O) groups excluding carboxylic acids is 1. The molecule has 4 rings (SSSR count). The van der Waals surface area contributed by atoms with Crippen LogP contribution in [0, 0.1) is 5.82 Å². The number of nitrogens with one attached hydrogen (secondary N) is 2. The smallest absolute Gasteiger partial charge is 0.247 e. The number of halogens is 1. The molecule has 2 aromatic heterocycles. The molecule has 2 N–H and O–H groups in total. The molecule has 0 aliphatic carbocycles. The lowest BCUT2D eigenvalue weighted by Crippen LogP contribution is -2.14. The highest BCUT2D eigenvalue weighted by atomic mass is 19.1. The highest BCUT2D eigenvalue weighted by Gasteiger charge is 2.10. The van der Waals surface area contributed by atoms with Crippen molar-refractivity contribution in [1.29, 1.82) is 0 Å². The Kier molecular flexibility index (Phi) is 3.74. The van der Waals surface area contributed by atoms with E-state index < -0.39 is 0 Å². The number of hydrogen-bond donors (Lipinski definition) is 2. The van der Waals surface area contributed by atoms with Crippen molar-refractivity contribution in [1.82, 2.24) is 15.2 Å². The molecule has 1 amide bonds. The van der Waals surface area contributed by atoms with Gasteiger partial charge >= 0.3 is 0 Å². The van der Waals surface area contributed by atoms with E-state index in [0.29, 0.717) is 17.1 Å². The van der Waals surface area contributed by atoms with Gasteiger partial charge < -0.3 is 14.7 Å². The van der Waals surface area contributed by atoms with Crippen LogP contribution in [0.1, 0.15) is 5.56 Å². The summed E-state index contributed by atoms with van der Waals surface area (Å²) in [6.45, 7) is 0. The topological polar surface area (TPSA) is 83.8 Å². The second-order valence-electron chi connectivity index (χ2n) is 5.55. The SMILES string of the molecule is O=C(Cc1c[nH]c2cc(F)ccc12)Nc1ccc(-c2nnco2)cc1. The fourth-order valence-corrected chi connectivity index (χ4v) is 2.68. The second-order valence-corrected chi connectivity index (χ2v) is 5.55. The Labute approximate surface area is 141 Å². The van der Waals surface area contributed by atoms with Crippen molar-refractivity contribution in [3.8, 4) is 11.5 Å². The zero-order valence-electron chi connectivity index (χ0n) is 13.0. The highest BCUT2D eigenvalue weighted by molar-refractivity contribution is 5.95. The third-order valence-corrected chi connectivity index (χ3v) is 3.86. The van der Waals surface area contributed by atoms with E-state index in [-0.39, 0.29) is 18.1 Å². The fraction of sp³-hybridized carbons (Fsp3) is 0.0556. The summed E-state index contributed by atoms with van der Waals surface area (Å²) in [7, 11) is 0. The number of benzene rings is 2. The van der Waals surface area contributed by atoms with E-state index in [1.165, 1.54) is 18.5 Å². The van der Waals surface area contributed by atoms with Crippen molar-refractivity contribution < 1.29 is 13.6 Å². The molecular formula is C18H13FN4O2. The molecule has 2 heterocycles. The summed E-state index contributed by atoms with van der Waals surface area (Å²) in [6, 6.07) is 11.6. The number of anilines is 1. The van der Waals surface area contributed by atoms with E-state index in [1.54, 1.807) is 36.5 Å². The Balaban J connectivity index is 1.46. The van der Waals surface area contributed by atoms with Crippen molar-refractivity contribution in [2.24, 2.45) is 0 Å². The normalized spacial score (nSPS) is 10.9. The molecule has 0 spiro atoms. The minimum Gasteiger partial charge on any atom is -0.423 e. The van der Waals surface area contributed by atoms with Gasteiger partial charge in [-0.25, -0.2) is 4.39 Å². The summed E-state index contributed by atoms with van der Waals surface area (Å²) in [5.41, 5.74) is 2.93. The maximum absolute atomic E-state index is 13.2. The molecule has 0 saturated heterocycles. The number of rotatable bonds is 4. The third-order valence-electron chi connectivity index (χ3n) is 3.86. The molecule has 0 aliphatic heterocycles. The van der Waals surface area contributed by atoms with Crippen molar-refractivity contribution in [3.05, 3.63) is 66.4 Å². The Morgan fingerprint density at radius 3 is 2.80 bits per heavy atom. The van der Waals surface area contributed by atoms with Crippen LogP contribution in [-0.4, -0.2) is 21.1 Å². The molecule has 2 aromatic carbocycles. The van der Waals surface area contributed by atoms with Crippen LogP contribution >= 0.6 is 0 Å². The maximum Gasteiger partial charge on any atom is 0.247 e. The van der Waals surface area contributed by atoms with Gasteiger partial charge in [-0.2, -0.15) is 0 Å². The molecule has 25 heavy (non-hydrogen) atoms.